The van der Waals surface area contributed by atoms with E-state index in [1.54, 1.807) is 31.1 Å². The molecule has 1 fully saturated rings. The Labute approximate surface area is 136 Å². The summed E-state index contributed by atoms with van der Waals surface area (Å²) >= 11 is 5.78. The van der Waals surface area contributed by atoms with E-state index in [-0.39, 0.29) is 22.6 Å². The maximum absolute atomic E-state index is 12.3. The van der Waals surface area contributed by atoms with Crippen molar-refractivity contribution in [2.24, 2.45) is 0 Å². The van der Waals surface area contributed by atoms with Crippen LogP contribution in [-0.2, 0) is 14.6 Å². The smallest absolute Gasteiger partial charge is 0.239 e. The van der Waals surface area contributed by atoms with Crippen LogP contribution in [0.2, 0.25) is 5.02 Å². The van der Waals surface area contributed by atoms with Crippen LogP contribution in [0.4, 0.5) is 0 Å². The number of likely N-dealkylation sites (tertiary alicyclic amines) is 1. The fourth-order valence-electron chi connectivity index (χ4n) is 2.67. The van der Waals surface area contributed by atoms with Gasteiger partial charge < -0.3 is 4.90 Å². The minimum absolute atomic E-state index is 0.00579. The Balaban J connectivity index is 2.02. The number of carbonyl (C=O) groups is 1. The molecule has 1 aliphatic heterocycles. The zero-order valence-electron chi connectivity index (χ0n) is 12.8. The third kappa shape index (κ3) is 4.00. The molecule has 1 unspecified atom stereocenters. The second-order valence-corrected chi connectivity index (χ2v) is 8.25. The molecule has 1 aliphatic rings. The first-order valence-electron chi connectivity index (χ1n) is 7.25. The number of hydrogen-bond acceptors (Lipinski definition) is 4. The summed E-state index contributed by atoms with van der Waals surface area (Å²) in [5.41, 5.74) is 0. The number of amides is 1. The van der Waals surface area contributed by atoms with Crippen molar-refractivity contribution in [2.75, 3.05) is 32.9 Å². The SMILES string of the molecule is CN(C)C(=O)C1CCCN1CCS(=O)(=O)c1ccc(Cl)cc1. The van der Waals surface area contributed by atoms with Crippen molar-refractivity contribution < 1.29 is 13.2 Å². The highest BCUT2D eigenvalue weighted by Gasteiger charge is 2.32. The van der Waals surface area contributed by atoms with Crippen LogP contribution in [0.3, 0.4) is 0 Å². The van der Waals surface area contributed by atoms with Crippen molar-refractivity contribution in [2.45, 2.75) is 23.8 Å². The Hall–Kier alpha value is -1.11. The largest absolute Gasteiger partial charge is 0.347 e. The molecule has 122 valence electrons. The molecule has 22 heavy (non-hydrogen) atoms. The average Bonchev–Trinajstić information content (AvgIpc) is 2.93. The lowest BCUT2D eigenvalue weighted by molar-refractivity contribution is -0.133. The van der Waals surface area contributed by atoms with Gasteiger partial charge in [-0.1, -0.05) is 11.6 Å². The zero-order valence-corrected chi connectivity index (χ0v) is 14.4. The summed E-state index contributed by atoms with van der Waals surface area (Å²) in [4.78, 5) is 15.9. The molecule has 1 saturated heterocycles. The van der Waals surface area contributed by atoms with Gasteiger partial charge in [-0.3, -0.25) is 9.69 Å². The number of hydrogen-bond donors (Lipinski definition) is 0. The van der Waals surface area contributed by atoms with E-state index in [9.17, 15) is 13.2 Å². The lowest BCUT2D eigenvalue weighted by Gasteiger charge is -2.25. The highest BCUT2D eigenvalue weighted by molar-refractivity contribution is 7.91. The van der Waals surface area contributed by atoms with Crippen LogP contribution in [0, 0.1) is 0 Å². The molecular weight excluding hydrogens is 324 g/mol. The van der Waals surface area contributed by atoms with Crippen LogP contribution in [-0.4, -0.2) is 63.1 Å². The summed E-state index contributed by atoms with van der Waals surface area (Å²) < 4.78 is 24.7. The summed E-state index contributed by atoms with van der Waals surface area (Å²) in [7, 11) is 0.0919. The van der Waals surface area contributed by atoms with Crippen LogP contribution in [0.15, 0.2) is 29.2 Å². The first kappa shape index (κ1) is 17.2. The highest BCUT2D eigenvalue weighted by atomic mass is 35.5. The summed E-state index contributed by atoms with van der Waals surface area (Å²) in [5.74, 6) is 0.0487. The topological polar surface area (TPSA) is 57.7 Å². The Morgan fingerprint density at radius 3 is 2.55 bits per heavy atom. The number of nitrogens with zero attached hydrogens (tertiary/aromatic N) is 2. The summed E-state index contributed by atoms with van der Waals surface area (Å²) in [6.45, 7) is 1.13. The van der Waals surface area contributed by atoms with Crippen molar-refractivity contribution >= 4 is 27.3 Å². The maximum atomic E-state index is 12.3. The molecule has 1 atom stereocenters. The Bertz CT molecular complexity index is 629. The van der Waals surface area contributed by atoms with Crippen LogP contribution in [0.5, 0.6) is 0 Å². The Morgan fingerprint density at radius 2 is 1.95 bits per heavy atom. The molecule has 5 nitrogen and oxygen atoms in total. The third-order valence-corrected chi connectivity index (χ3v) is 5.87. The molecule has 0 radical (unpaired) electrons. The monoisotopic (exact) mass is 344 g/mol. The Morgan fingerprint density at radius 1 is 1.32 bits per heavy atom. The molecule has 0 N–H and O–H groups in total. The van der Waals surface area contributed by atoms with Gasteiger partial charge in [0.2, 0.25) is 5.91 Å². The predicted molar refractivity (Wildman–Crippen MR) is 86.8 cm³/mol. The van der Waals surface area contributed by atoms with Crippen LogP contribution < -0.4 is 0 Å². The highest BCUT2D eigenvalue weighted by Crippen LogP contribution is 2.20. The van der Waals surface area contributed by atoms with Gasteiger partial charge in [-0.2, -0.15) is 0 Å². The standard InChI is InChI=1S/C15H21ClN2O3S/c1-17(2)15(19)14-4-3-9-18(14)10-11-22(20,21)13-7-5-12(16)6-8-13/h5-8,14H,3-4,9-11H2,1-2H3. The molecule has 1 aromatic rings. The molecule has 0 saturated carbocycles. The fraction of sp³-hybridized carbons (Fsp3) is 0.533. The number of carbonyl (C=O) groups excluding carboxylic acids is 1. The number of rotatable bonds is 5. The summed E-state index contributed by atoms with van der Waals surface area (Å²) in [5, 5.41) is 0.509. The van der Waals surface area contributed by atoms with Gasteiger partial charge in [0.25, 0.3) is 0 Å². The van der Waals surface area contributed by atoms with E-state index in [4.69, 9.17) is 11.6 Å². The van der Waals surface area contributed by atoms with Crippen LogP contribution in [0.1, 0.15) is 12.8 Å². The van der Waals surface area contributed by atoms with Crippen molar-refractivity contribution in [3.63, 3.8) is 0 Å². The van der Waals surface area contributed by atoms with E-state index in [0.29, 0.717) is 11.6 Å². The first-order valence-corrected chi connectivity index (χ1v) is 9.28. The molecular formula is C15H21ClN2O3S. The van der Waals surface area contributed by atoms with Crippen molar-refractivity contribution in [1.82, 2.24) is 9.80 Å². The van der Waals surface area contributed by atoms with Gasteiger partial charge in [0.05, 0.1) is 16.7 Å². The van der Waals surface area contributed by atoms with E-state index in [1.165, 1.54) is 12.1 Å². The first-order chi connectivity index (χ1) is 10.3. The normalized spacial score (nSPS) is 19.3. The van der Waals surface area contributed by atoms with Gasteiger partial charge in [0.15, 0.2) is 9.84 Å². The molecule has 0 aromatic heterocycles. The molecule has 2 rings (SSSR count). The van der Waals surface area contributed by atoms with Crippen LogP contribution in [0.25, 0.3) is 0 Å². The number of halogens is 1. The van der Waals surface area contributed by atoms with Gasteiger partial charge >= 0.3 is 0 Å². The molecule has 0 bridgehead atoms. The second kappa shape index (κ2) is 6.98. The summed E-state index contributed by atoms with van der Waals surface area (Å²) in [6.07, 6.45) is 1.71. The predicted octanol–water partition coefficient (Wildman–Crippen LogP) is 1.67. The van der Waals surface area contributed by atoms with E-state index in [0.717, 1.165) is 19.4 Å². The number of likely N-dealkylation sites (N-methyl/N-ethyl adjacent to an activating group) is 1. The van der Waals surface area contributed by atoms with Crippen molar-refractivity contribution in [3.8, 4) is 0 Å². The number of sulfone groups is 1. The molecule has 7 heteroatoms. The third-order valence-electron chi connectivity index (χ3n) is 3.91. The number of benzene rings is 1. The quantitative estimate of drug-likeness (QED) is 0.815. The molecule has 1 aromatic carbocycles. The minimum Gasteiger partial charge on any atom is -0.347 e. The van der Waals surface area contributed by atoms with E-state index >= 15 is 0 Å². The Kier molecular flexibility index (Phi) is 5.47. The molecule has 0 spiro atoms. The van der Waals surface area contributed by atoms with Crippen molar-refractivity contribution in [3.05, 3.63) is 29.3 Å². The van der Waals surface area contributed by atoms with Gasteiger partial charge in [-0.25, -0.2) is 8.42 Å². The molecule has 1 heterocycles. The lowest BCUT2D eigenvalue weighted by Crippen LogP contribution is -2.44. The molecule has 0 aliphatic carbocycles. The minimum atomic E-state index is -3.36. The van der Waals surface area contributed by atoms with Crippen LogP contribution >= 0.6 is 11.6 Å². The fourth-order valence-corrected chi connectivity index (χ4v) is 4.06. The second-order valence-electron chi connectivity index (χ2n) is 5.70. The van der Waals surface area contributed by atoms with Gasteiger partial charge in [-0.15, -0.1) is 0 Å². The molecule has 1 amide bonds. The summed E-state index contributed by atoms with van der Waals surface area (Å²) in [6, 6.07) is 5.98. The van der Waals surface area contributed by atoms with E-state index in [2.05, 4.69) is 0 Å². The lowest BCUT2D eigenvalue weighted by atomic mass is 10.2. The van der Waals surface area contributed by atoms with Gasteiger partial charge in [0.1, 0.15) is 0 Å². The van der Waals surface area contributed by atoms with E-state index < -0.39 is 9.84 Å². The van der Waals surface area contributed by atoms with Crippen molar-refractivity contribution in [1.29, 1.82) is 0 Å². The maximum Gasteiger partial charge on any atom is 0.239 e. The average molecular weight is 345 g/mol. The van der Waals surface area contributed by atoms with E-state index in [1.807, 2.05) is 4.90 Å². The zero-order chi connectivity index (χ0) is 16.3. The van der Waals surface area contributed by atoms with Gasteiger partial charge in [-0.05, 0) is 43.7 Å². The van der Waals surface area contributed by atoms with Gasteiger partial charge in [0, 0.05) is 25.7 Å².